The van der Waals surface area contributed by atoms with Crippen molar-refractivity contribution < 1.29 is 17.7 Å². The minimum Gasteiger partial charge on any atom is -0.383 e. The number of sulfonamides is 1. The van der Waals surface area contributed by atoms with Gasteiger partial charge in [0, 0.05) is 65.5 Å². The van der Waals surface area contributed by atoms with Crippen molar-refractivity contribution in [3.05, 3.63) is 18.0 Å². The second-order valence-corrected chi connectivity index (χ2v) is 9.35. The van der Waals surface area contributed by atoms with Crippen molar-refractivity contribution in [1.82, 2.24) is 24.6 Å². The first-order valence-corrected chi connectivity index (χ1v) is 11.7. The summed E-state index contributed by atoms with van der Waals surface area (Å²) in [6, 6.07) is 2.06. The molecule has 0 aromatic carbocycles. The number of aliphatic imine (C=N–C) groups is 1. The molecule has 2 aliphatic rings. The molecule has 12 heteroatoms. The van der Waals surface area contributed by atoms with Gasteiger partial charge in [0.05, 0.1) is 12.3 Å². The third-order valence-electron chi connectivity index (χ3n) is 5.54. The van der Waals surface area contributed by atoms with Gasteiger partial charge in [0.15, 0.2) is 5.96 Å². The summed E-state index contributed by atoms with van der Waals surface area (Å²) in [7, 11) is 0.106. The molecule has 1 unspecified atom stereocenters. The van der Waals surface area contributed by atoms with Crippen LogP contribution in [-0.2, 0) is 20.5 Å². The van der Waals surface area contributed by atoms with Crippen molar-refractivity contribution in [3.63, 3.8) is 0 Å². The first-order chi connectivity index (χ1) is 14.0. The maximum atomic E-state index is 12.6. The van der Waals surface area contributed by atoms with Crippen LogP contribution in [0.15, 0.2) is 21.8 Å². The van der Waals surface area contributed by atoms with Gasteiger partial charge in [0.2, 0.25) is 10.0 Å². The summed E-state index contributed by atoms with van der Waals surface area (Å²) in [4.78, 5) is 8.98. The smallest absolute Gasteiger partial charge is 0.220 e. The van der Waals surface area contributed by atoms with Gasteiger partial charge in [-0.25, -0.2) is 8.42 Å². The average Bonchev–Trinajstić information content (AvgIpc) is 3.39. The lowest BCUT2D eigenvalue weighted by molar-refractivity contribution is 0.141. The molecule has 1 aromatic rings. The zero-order chi connectivity index (χ0) is 20.7. The third kappa shape index (κ3) is 6.77. The van der Waals surface area contributed by atoms with Crippen molar-refractivity contribution >= 4 is 40.0 Å². The Bertz CT molecular complexity index is 753. The van der Waals surface area contributed by atoms with E-state index in [0.717, 1.165) is 32.2 Å². The molecule has 172 valence electrons. The number of piperazine rings is 1. The number of nitrogens with zero attached hydrogens (tertiary/aromatic N) is 5. The Hall–Kier alpha value is -0.960. The summed E-state index contributed by atoms with van der Waals surface area (Å²) in [5.41, 5.74) is 0.430. The Balaban J connectivity index is 0.00000320. The Morgan fingerprint density at radius 2 is 2.10 bits per heavy atom. The van der Waals surface area contributed by atoms with Crippen LogP contribution in [0.5, 0.6) is 0 Å². The van der Waals surface area contributed by atoms with Gasteiger partial charge in [-0.05, 0) is 19.4 Å². The summed E-state index contributed by atoms with van der Waals surface area (Å²) in [5.74, 6) is 0.701. The number of halogens is 1. The van der Waals surface area contributed by atoms with Crippen LogP contribution >= 0.6 is 24.0 Å². The van der Waals surface area contributed by atoms with Crippen LogP contribution in [0.1, 0.15) is 18.5 Å². The van der Waals surface area contributed by atoms with Crippen molar-refractivity contribution in [3.8, 4) is 0 Å². The maximum Gasteiger partial charge on any atom is 0.220 e. The minimum absolute atomic E-state index is 0. The van der Waals surface area contributed by atoms with E-state index in [1.54, 1.807) is 20.2 Å². The molecule has 0 radical (unpaired) electrons. The molecule has 10 nitrogen and oxygen atoms in total. The van der Waals surface area contributed by atoms with E-state index in [-0.39, 0.29) is 29.7 Å². The predicted molar refractivity (Wildman–Crippen MR) is 126 cm³/mol. The topological polar surface area (TPSA) is 104 Å². The highest BCUT2D eigenvalue weighted by Gasteiger charge is 2.30. The van der Waals surface area contributed by atoms with E-state index in [9.17, 15) is 8.42 Å². The average molecular weight is 556 g/mol. The predicted octanol–water partition coefficient (Wildman–Crippen LogP) is 0.426. The Labute approximate surface area is 196 Å². The molecule has 0 bridgehead atoms. The van der Waals surface area contributed by atoms with Crippen molar-refractivity contribution in [2.75, 3.05) is 66.6 Å². The van der Waals surface area contributed by atoms with Crippen LogP contribution in [-0.4, -0.2) is 106 Å². The zero-order valence-corrected chi connectivity index (χ0v) is 20.8. The molecule has 0 aliphatic carbocycles. The number of guanidine groups is 1. The maximum absolute atomic E-state index is 12.6. The van der Waals surface area contributed by atoms with Crippen LogP contribution in [0.25, 0.3) is 0 Å². The highest BCUT2D eigenvalue weighted by molar-refractivity contribution is 14.0. The molecule has 2 fully saturated rings. The zero-order valence-electron chi connectivity index (χ0n) is 17.7. The van der Waals surface area contributed by atoms with E-state index in [4.69, 9.17) is 9.26 Å². The summed E-state index contributed by atoms with van der Waals surface area (Å²) in [6.07, 6.45) is 3.76. The first kappa shape index (κ1) is 25.3. The summed E-state index contributed by atoms with van der Waals surface area (Å²) in [5, 5.41) is 7.19. The molecule has 2 saturated heterocycles. The summed E-state index contributed by atoms with van der Waals surface area (Å²) >= 11 is 0. The van der Waals surface area contributed by atoms with Crippen molar-refractivity contribution in [2.45, 2.75) is 24.6 Å². The quantitative estimate of drug-likeness (QED) is 0.280. The Kier molecular flexibility index (Phi) is 10.3. The van der Waals surface area contributed by atoms with Gasteiger partial charge in [-0.15, -0.1) is 24.0 Å². The molecule has 2 aliphatic heterocycles. The molecule has 30 heavy (non-hydrogen) atoms. The lowest BCUT2D eigenvalue weighted by Crippen LogP contribution is -2.55. The fourth-order valence-corrected chi connectivity index (χ4v) is 5.36. The van der Waals surface area contributed by atoms with Gasteiger partial charge in [-0.2, -0.15) is 4.31 Å². The van der Waals surface area contributed by atoms with Gasteiger partial charge in [0.1, 0.15) is 12.0 Å². The second-order valence-electron chi connectivity index (χ2n) is 7.39. The van der Waals surface area contributed by atoms with Gasteiger partial charge in [0.25, 0.3) is 0 Å². The van der Waals surface area contributed by atoms with E-state index in [1.807, 2.05) is 0 Å². The first-order valence-electron chi connectivity index (χ1n) is 10.1. The monoisotopic (exact) mass is 556 g/mol. The summed E-state index contributed by atoms with van der Waals surface area (Å²) in [6.45, 7) is 5.72. The van der Waals surface area contributed by atoms with Crippen LogP contribution in [0.2, 0.25) is 0 Å². The van der Waals surface area contributed by atoms with E-state index in [1.165, 1.54) is 23.4 Å². The number of rotatable bonds is 8. The van der Waals surface area contributed by atoms with E-state index in [0.29, 0.717) is 37.9 Å². The third-order valence-corrected chi connectivity index (χ3v) is 7.35. The number of methoxy groups -OCH3 is 1. The van der Waals surface area contributed by atoms with E-state index < -0.39 is 10.0 Å². The molecule has 0 saturated carbocycles. The minimum atomic E-state index is -3.40. The van der Waals surface area contributed by atoms with Crippen LogP contribution < -0.4 is 5.32 Å². The Morgan fingerprint density at radius 1 is 1.33 bits per heavy atom. The fourth-order valence-electron chi connectivity index (χ4n) is 3.94. The lowest BCUT2D eigenvalue weighted by atomic mass is 10.2. The van der Waals surface area contributed by atoms with Gasteiger partial charge in [-0.3, -0.25) is 9.89 Å². The van der Waals surface area contributed by atoms with Gasteiger partial charge < -0.3 is 19.5 Å². The molecular weight excluding hydrogens is 523 g/mol. The fraction of sp³-hybridized carbons (Fsp3) is 0.778. The number of hydrogen-bond donors (Lipinski definition) is 1. The molecule has 1 aromatic heterocycles. The molecule has 0 spiro atoms. The standard InChI is InChI=1S/C18H32N6O4S.HI/c1-19-18(20-14-17-4-3-6-22(17)11-13-27-2)23-7-9-24(10-8-23)29(25,26)15-16-5-12-28-21-16;/h5,12,17H,3-4,6-11,13-15H2,1-2H3,(H,19,20);1H. The van der Waals surface area contributed by atoms with Gasteiger partial charge >= 0.3 is 0 Å². The van der Waals surface area contributed by atoms with Crippen LogP contribution in [0.3, 0.4) is 0 Å². The number of likely N-dealkylation sites (tertiary alicyclic amines) is 1. The molecule has 1 atom stereocenters. The summed E-state index contributed by atoms with van der Waals surface area (Å²) < 4.78 is 36.6. The SMILES string of the molecule is CN=C(NCC1CCCN1CCOC)N1CCN(S(=O)(=O)Cc2ccon2)CC1.I. The molecule has 3 rings (SSSR count). The van der Waals surface area contributed by atoms with Gasteiger partial charge in [-0.1, -0.05) is 5.16 Å². The number of nitrogens with one attached hydrogen (secondary N) is 1. The number of hydrogen-bond acceptors (Lipinski definition) is 7. The highest BCUT2D eigenvalue weighted by Crippen LogP contribution is 2.16. The normalized spacial score (nSPS) is 21.6. The largest absolute Gasteiger partial charge is 0.383 e. The van der Waals surface area contributed by atoms with E-state index >= 15 is 0 Å². The van der Waals surface area contributed by atoms with Crippen LogP contribution in [0, 0.1) is 0 Å². The molecule has 3 heterocycles. The highest BCUT2D eigenvalue weighted by atomic mass is 127. The molecule has 1 N–H and O–H groups in total. The van der Waals surface area contributed by atoms with Crippen molar-refractivity contribution in [1.29, 1.82) is 0 Å². The van der Waals surface area contributed by atoms with Crippen LogP contribution in [0.4, 0.5) is 0 Å². The number of aromatic nitrogens is 1. The molecule has 0 amide bonds. The molecular formula is C18H33IN6O4S. The lowest BCUT2D eigenvalue weighted by Gasteiger charge is -2.36. The van der Waals surface area contributed by atoms with Crippen molar-refractivity contribution in [2.24, 2.45) is 4.99 Å². The second kappa shape index (κ2) is 12.2. The van der Waals surface area contributed by atoms with E-state index in [2.05, 4.69) is 25.3 Å². The number of ether oxygens (including phenoxy) is 1. The Morgan fingerprint density at radius 3 is 2.73 bits per heavy atom.